The SMILES string of the molecule is CC(N)c1ccc(N2CCN(C)C(C)C2)nc1. The van der Waals surface area contributed by atoms with Crippen LogP contribution in [0.3, 0.4) is 0 Å². The minimum absolute atomic E-state index is 0.0583. The third-order valence-corrected chi connectivity index (χ3v) is 3.58. The molecule has 4 heteroatoms. The Hall–Kier alpha value is -1.13. The number of likely N-dealkylation sites (N-methyl/N-ethyl adjacent to an activating group) is 1. The van der Waals surface area contributed by atoms with E-state index in [0.717, 1.165) is 31.0 Å². The monoisotopic (exact) mass is 234 g/mol. The van der Waals surface area contributed by atoms with E-state index >= 15 is 0 Å². The smallest absolute Gasteiger partial charge is 0.128 e. The Kier molecular flexibility index (Phi) is 3.64. The van der Waals surface area contributed by atoms with E-state index < -0.39 is 0 Å². The van der Waals surface area contributed by atoms with Gasteiger partial charge in [0.25, 0.3) is 0 Å². The molecule has 2 heterocycles. The number of hydrogen-bond acceptors (Lipinski definition) is 4. The number of hydrogen-bond donors (Lipinski definition) is 1. The van der Waals surface area contributed by atoms with Crippen LogP contribution in [-0.4, -0.2) is 42.6 Å². The molecule has 0 saturated carbocycles. The molecule has 2 rings (SSSR count). The van der Waals surface area contributed by atoms with Crippen LogP contribution in [0.15, 0.2) is 18.3 Å². The molecule has 1 aliphatic rings. The fourth-order valence-corrected chi connectivity index (χ4v) is 2.11. The standard InChI is InChI=1S/C13H22N4/c1-10-9-17(7-6-16(10)3)13-5-4-12(8-15-13)11(2)14/h4-5,8,10-11H,6-7,9,14H2,1-3H3. The van der Waals surface area contributed by atoms with Crippen molar-refractivity contribution in [1.29, 1.82) is 0 Å². The lowest BCUT2D eigenvalue weighted by molar-refractivity contribution is 0.233. The van der Waals surface area contributed by atoms with E-state index in [2.05, 4.69) is 40.9 Å². The molecule has 1 aliphatic heterocycles. The van der Waals surface area contributed by atoms with Gasteiger partial charge >= 0.3 is 0 Å². The Morgan fingerprint density at radius 2 is 2.18 bits per heavy atom. The molecule has 1 aromatic heterocycles. The van der Waals surface area contributed by atoms with E-state index in [1.807, 2.05) is 13.1 Å². The molecule has 0 bridgehead atoms. The van der Waals surface area contributed by atoms with Crippen molar-refractivity contribution in [3.05, 3.63) is 23.9 Å². The van der Waals surface area contributed by atoms with Gasteiger partial charge in [0, 0.05) is 37.9 Å². The van der Waals surface area contributed by atoms with Gasteiger partial charge in [0.1, 0.15) is 5.82 Å². The lowest BCUT2D eigenvalue weighted by atomic mass is 10.1. The van der Waals surface area contributed by atoms with Crippen LogP contribution in [0.1, 0.15) is 25.5 Å². The third-order valence-electron chi connectivity index (χ3n) is 3.58. The Morgan fingerprint density at radius 1 is 1.41 bits per heavy atom. The molecule has 0 radical (unpaired) electrons. The molecule has 1 aromatic rings. The van der Waals surface area contributed by atoms with Crippen LogP contribution in [0.25, 0.3) is 0 Å². The van der Waals surface area contributed by atoms with Crippen LogP contribution in [0, 0.1) is 0 Å². The summed E-state index contributed by atoms with van der Waals surface area (Å²) in [5.74, 6) is 1.06. The molecule has 1 saturated heterocycles. The zero-order valence-corrected chi connectivity index (χ0v) is 10.9. The van der Waals surface area contributed by atoms with E-state index in [1.54, 1.807) is 0 Å². The first-order valence-electron chi connectivity index (χ1n) is 6.24. The normalized spacial score (nSPS) is 23.8. The van der Waals surface area contributed by atoms with Crippen molar-refractivity contribution in [3.8, 4) is 0 Å². The molecule has 17 heavy (non-hydrogen) atoms. The van der Waals surface area contributed by atoms with Crippen molar-refractivity contribution >= 4 is 5.82 Å². The highest BCUT2D eigenvalue weighted by molar-refractivity contribution is 5.40. The summed E-state index contributed by atoms with van der Waals surface area (Å²) in [4.78, 5) is 9.24. The molecule has 0 aliphatic carbocycles. The Bertz CT molecular complexity index is 360. The van der Waals surface area contributed by atoms with Gasteiger partial charge in [0.05, 0.1) is 0 Å². The predicted octanol–water partition coefficient (Wildman–Crippen LogP) is 1.24. The first-order chi connectivity index (χ1) is 8.08. The van der Waals surface area contributed by atoms with Gasteiger partial charge in [-0.05, 0) is 32.5 Å². The first kappa shape index (κ1) is 12.3. The lowest BCUT2D eigenvalue weighted by Gasteiger charge is -2.38. The number of pyridine rings is 1. The van der Waals surface area contributed by atoms with Crippen LogP contribution in [0.5, 0.6) is 0 Å². The Balaban J connectivity index is 2.07. The zero-order valence-electron chi connectivity index (χ0n) is 10.9. The quantitative estimate of drug-likeness (QED) is 0.836. The molecule has 0 amide bonds. The molecule has 1 fully saturated rings. The summed E-state index contributed by atoms with van der Waals surface area (Å²) in [6.45, 7) is 7.42. The van der Waals surface area contributed by atoms with Crippen LogP contribution >= 0.6 is 0 Å². The maximum Gasteiger partial charge on any atom is 0.128 e. The summed E-state index contributed by atoms with van der Waals surface area (Å²) >= 11 is 0. The Labute approximate surface area is 103 Å². The minimum atomic E-state index is 0.0583. The number of nitrogens with two attached hydrogens (primary N) is 1. The van der Waals surface area contributed by atoms with Gasteiger partial charge in [0.2, 0.25) is 0 Å². The largest absolute Gasteiger partial charge is 0.354 e. The number of nitrogens with zero attached hydrogens (tertiary/aromatic N) is 3. The van der Waals surface area contributed by atoms with Gasteiger partial charge in [-0.25, -0.2) is 4.98 Å². The fourth-order valence-electron chi connectivity index (χ4n) is 2.11. The second kappa shape index (κ2) is 5.02. The van der Waals surface area contributed by atoms with Crippen molar-refractivity contribution in [3.63, 3.8) is 0 Å². The molecule has 0 aromatic carbocycles. The molecular formula is C13H22N4. The zero-order chi connectivity index (χ0) is 12.4. The van der Waals surface area contributed by atoms with E-state index in [1.165, 1.54) is 0 Å². The van der Waals surface area contributed by atoms with Crippen LogP contribution in [-0.2, 0) is 0 Å². The molecule has 2 unspecified atom stereocenters. The predicted molar refractivity (Wildman–Crippen MR) is 71.1 cm³/mol. The highest BCUT2D eigenvalue weighted by Gasteiger charge is 2.21. The van der Waals surface area contributed by atoms with E-state index in [0.29, 0.717) is 6.04 Å². The summed E-state index contributed by atoms with van der Waals surface area (Å²) in [7, 11) is 2.18. The molecule has 0 spiro atoms. The van der Waals surface area contributed by atoms with Gasteiger partial charge in [-0.1, -0.05) is 6.07 Å². The molecule has 94 valence electrons. The Morgan fingerprint density at radius 3 is 2.71 bits per heavy atom. The summed E-state index contributed by atoms with van der Waals surface area (Å²) in [5.41, 5.74) is 6.92. The molecule has 4 nitrogen and oxygen atoms in total. The molecule has 2 N–H and O–H groups in total. The summed E-state index contributed by atoms with van der Waals surface area (Å²) in [5, 5.41) is 0. The summed E-state index contributed by atoms with van der Waals surface area (Å²) in [6, 6.07) is 4.80. The topological polar surface area (TPSA) is 45.4 Å². The van der Waals surface area contributed by atoms with Crippen molar-refractivity contribution in [2.45, 2.75) is 25.9 Å². The average molecular weight is 234 g/mol. The van der Waals surface area contributed by atoms with Gasteiger partial charge in [0.15, 0.2) is 0 Å². The lowest BCUT2D eigenvalue weighted by Crippen LogP contribution is -2.50. The van der Waals surface area contributed by atoms with Gasteiger partial charge in [-0.15, -0.1) is 0 Å². The maximum atomic E-state index is 5.82. The van der Waals surface area contributed by atoms with Crippen LogP contribution in [0.4, 0.5) is 5.82 Å². The second-order valence-electron chi connectivity index (χ2n) is 5.01. The first-order valence-corrected chi connectivity index (χ1v) is 6.24. The number of piperazine rings is 1. The van der Waals surface area contributed by atoms with E-state index in [9.17, 15) is 0 Å². The van der Waals surface area contributed by atoms with Gasteiger partial charge in [-0.2, -0.15) is 0 Å². The molecular weight excluding hydrogens is 212 g/mol. The average Bonchev–Trinajstić information content (AvgIpc) is 2.33. The number of anilines is 1. The van der Waals surface area contributed by atoms with Crippen molar-refractivity contribution in [1.82, 2.24) is 9.88 Å². The van der Waals surface area contributed by atoms with E-state index in [-0.39, 0.29) is 6.04 Å². The summed E-state index contributed by atoms with van der Waals surface area (Å²) < 4.78 is 0. The van der Waals surface area contributed by atoms with Gasteiger partial charge < -0.3 is 15.5 Å². The van der Waals surface area contributed by atoms with Crippen LogP contribution < -0.4 is 10.6 Å². The van der Waals surface area contributed by atoms with Crippen molar-refractivity contribution < 1.29 is 0 Å². The highest BCUT2D eigenvalue weighted by Crippen LogP contribution is 2.17. The van der Waals surface area contributed by atoms with Crippen LogP contribution in [0.2, 0.25) is 0 Å². The summed E-state index contributed by atoms with van der Waals surface area (Å²) in [6.07, 6.45) is 1.89. The molecule has 2 atom stereocenters. The van der Waals surface area contributed by atoms with Gasteiger partial charge in [-0.3, -0.25) is 0 Å². The van der Waals surface area contributed by atoms with Crippen molar-refractivity contribution in [2.24, 2.45) is 5.73 Å². The van der Waals surface area contributed by atoms with E-state index in [4.69, 9.17) is 5.73 Å². The fraction of sp³-hybridized carbons (Fsp3) is 0.615. The van der Waals surface area contributed by atoms with Crippen molar-refractivity contribution in [2.75, 3.05) is 31.6 Å². The second-order valence-corrected chi connectivity index (χ2v) is 5.01. The highest BCUT2D eigenvalue weighted by atomic mass is 15.3. The number of rotatable bonds is 2. The maximum absolute atomic E-state index is 5.82. The minimum Gasteiger partial charge on any atom is -0.354 e. The third kappa shape index (κ3) is 2.76. The number of aromatic nitrogens is 1.